The summed E-state index contributed by atoms with van der Waals surface area (Å²) < 4.78 is 28.1. The van der Waals surface area contributed by atoms with E-state index in [0.29, 0.717) is 6.54 Å². The van der Waals surface area contributed by atoms with E-state index in [1.165, 1.54) is 0 Å². The van der Waals surface area contributed by atoms with E-state index in [1.807, 2.05) is 24.3 Å². The van der Waals surface area contributed by atoms with Crippen LogP contribution < -0.4 is 15.2 Å². The van der Waals surface area contributed by atoms with E-state index < -0.39 is 10.2 Å². The molecule has 0 heterocycles. The Balaban J connectivity index is 2.67. The number of benzene rings is 1. The van der Waals surface area contributed by atoms with Gasteiger partial charge in [-0.1, -0.05) is 24.3 Å². The van der Waals surface area contributed by atoms with Crippen molar-refractivity contribution in [1.29, 1.82) is 0 Å². The van der Waals surface area contributed by atoms with E-state index >= 15 is 0 Å². The third-order valence-electron chi connectivity index (χ3n) is 2.18. The molecule has 0 bridgehead atoms. The van der Waals surface area contributed by atoms with Crippen molar-refractivity contribution >= 4 is 10.2 Å². The van der Waals surface area contributed by atoms with Gasteiger partial charge in [-0.05, 0) is 25.0 Å². The van der Waals surface area contributed by atoms with Crippen LogP contribution in [0.5, 0.6) is 0 Å². The molecule has 0 unspecified atom stereocenters. The molecule has 0 amide bonds. The SMILES string of the molecule is CC(C)NS(=O)(=O)NCc1ccccc1CN. The number of nitrogens with two attached hydrogens (primary N) is 1. The van der Waals surface area contributed by atoms with Crippen LogP contribution in [0.4, 0.5) is 0 Å². The maximum atomic E-state index is 11.6. The summed E-state index contributed by atoms with van der Waals surface area (Å²) >= 11 is 0. The highest BCUT2D eigenvalue weighted by Crippen LogP contribution is 2.07. The molecule has 96 valence electrons. The Bertz CT molecular complexity index is 458. The largest absolute Gasteiger partial charge is 0.326 e. The van der Waals surface area contributed by atoms with Gasteiger partial charge in [-0.15, -0.1) is 0 Å². The fourth-order valence-corrected chi connectivity index (χ4v) is 2.50. The summed E-state index contributed by atoms with van der Waals surface area (Å²) in [5, 5.41) is 0. The van der Waals surface area contributed by atoms with Crippen LogP contribution in [0.1, 0.15) is 25.0 Å². The molecule has 0 fully saturated rings. The molecular formula is C11H19N3O2S. The normalized spacial score (nSPS) is 12.0. The number of rotatable bonds is 6. The Hall–Kier alpha value is -0.950. The Morgan fingerprint density at radius 3 is 2.35 bits per heavy atom. The van der Waals surface area contributed by atoms with Crippen molar-refractivity contribution in [1.82, 2.24) is 9.44 Å². The standard InChI is InChI=1S/C11H19N3O2S/c1-9(2)14-17(15,16)13-8-11-6-4-3-5-10(11)7-12/h3-6,9,13-14H,7-8,12H2,1-2H3. The van der Waals surface area contributed by atoms with Crippen LogP contribution in [0.2, 0.25) is 0 Å². The summed E-state index contributed by atoms with van der Waals surface area (Å²) in [5.74, 6) is 0. The molecule has 17 heavy (non-hydrogen) atoms. The van der Waals surface area contributed by atoms with Gasteiger partial charge in [0.2, 0.25) is 0 Å². The number of nitrogens with one attached hydrogen (secondary N) is 2. The lowest BCUT2D eigenvalue weighted by Crippen LogP contribution is -2.40. The van der Waals surface area contributed by atoms with Crippen molar-refractivity contribution in [3.8, 4) is 0 Å². The predicted octanol–water partition coefficient (Wildman–Crippen LogP) is 0.478. The molecule has 0 aromatic heterocycles. The van der Waals surface area contributed by atoms with Crippen LogP contribution in [0.3, 0.4) is 0 Å². The molecule has 0 atom stereocenters. The molecule has 0 aliphatic rings. The average Bonchev–Trinajstić information content (AvgIpc) is 2.25. The summed E-state index contributed by atoms with van der Waals surface area (Å²) in [4.78, 5) is 0. The van der Waals surface area contributed by atoms with Crippen molar-refractivity contribution < 1.29 is 8.42 Å². The third-order valence-corrected chi connectivity index (χ3v) is 3.49. The summed E-state index contributed by atoms with van der Waals surface area (Å²) in [6, 6.07) is 7.36. The van der Waals surface area contributed by atoms with Gasteiger partial charge in [0.25, 0.3) is 10.2 Å². The Morgan fingerprint density at radius 2 is 1.82 bits per heavy atom. The molecule has 0 aliphatic heterocycles. The quantitative estimate of drug-likeness (QED) is 0.693. The first-order valence-corrected chi connectivity index (χ1v) is 6.96. The second-order valence-corrected chi connectivity index (χ2v) is 5.60. The summed E-state index contributed by atoms with van der Waals surface area (Å²) in [7, 11) is -3.44. The van der Waals surface area contributed by atoms with E-state index in [4.69, 9.17) is 5.73 Å². The third kappa shape index (κ3) is 4.82. The van der Waals surface area contributed by atoms with Crippen molar-refractivity contribution in [2.24, 2.45) is 5.73 Å². The van der Waals surface area contributed by atoms with Crippen molar-refractivity contribution in [2.45, 2.75) is 33.0 Å². The zero-order valence-corrected chi connectivity index (χ0v) is 10.9. The van der Waals surface area contributed by atoms with Crippen LogP contribution in [-0.2, 0) is 23.3 Å². The Morgan fingerprint density at radius 1 is 1.24 bits per heavy atom. The molecule has 0 saturated heterocycles. The molecule has 0 radical (unpaired) electrons. The molecule has 0 aliphatic carbocycles. The van der Waals surface area contributed by atoms with Crippen molar-refractivity contribution in [3.63, 3.8) is 0 Å². The van der Waals surface area contributed by atoms with Gasteiger partial charge < -0.3 is 5.73 Å². The number of hydrogen-bond acceptors (Lipinski definition) is 3. The fourth-order valence-electron chi connectivity index (χ4n) is 1.45. The van der Waals surface area contributed by atoms with Crippen LogP contribution in [0.15, 0.2) is 24.3 Å². The van der Waals surface area contributed by atoms with Crippen molar-refractivity contribution in [2.75, 3.05) is 0 Å². The lowest BCUT2D eigenvalue weighted by Gasteiger charge is -2.12. The fraction of sp³-hybridized carbons (Fsp3) is 0.455. The molecule has 6 heteroatoms. The minimum atomic E-state index is -3.44. The van der Waals surface area contributed by atoms with E-state index in [1.54, 1.807) is 13.8 Å². The van der Waals surface area contributed by atoms with E-state index in [2.05, 4.69) is 9.44 Å². The maximum Gasteiger partial charge on any atom is 0.277 e. The van der Waals surface area contributed by atoms with Gasteiger partial charge >= 0.3 is 0 Å². The lowest BCUT2D eigenvalue weighted by atomic mass is 10.1. The lowest BCUT2D eigenvalue weighted by molar-refractivity contribution is 0.554. The first-order chi connectivity index (χ1) is 7.94. The molecular weight excluding hydrogens is 238 g/mol. The van der Waals surface area contributed by atoms with Gasteiger partial charge in [-0.3, -0.25) is 0 Å². The molecule has 1 rings (SSSR count). The molecule has 5 nitrogen and oxygen atoms in total. The van der Waals surface area contributed by atoms with E-state index in [9.17, 15) is 8.42 Å². The summed E-state index contributed by atoms with van der Waals surface area (Å²) in [6.07, 6.45) is 0. The van der Waals surface area contributed by atoms with Gasteiger partial charge in [0.05, 0.1) is 0 Å². The highest BCUT2D eigenvalue weighted by molar-refractivity contribution is 7.87. The zero-order valence-electron chi connectivity index (χ0n) is 10.1. The molecule has 0 saturated carbocycles. The first-order valence-electron chi connectivity index (χ1n) is 5.48. The molecule has 0 spiro atoms. The van der Waals surface area contributed by atoms with Crippen molar-refractivity contribution in [3.05, 3.63) is 35.4 Å². The highest BCUT2D eigenvalue weighted by atomic mass is 32.2. The van der Waals surface area contributed by atoms with Crippen LogP contribution in [0, 0.1) is 0 Å². The molecule has 1 aromatic carbocycles. The molecule has 4 N–H and O–H groups in total. The minimum Gasteiger partial charge on any atom is -0.326 e. The van der Waals surface area contributed by atoms with E-state index in [-0.39, 0.29) is 12.6 Å². The highest BCUT2D eigenvalue weighted by Gasteiger charge is 2.11. The van der Waals surface area contributed by atoms with Gasteiger partial charge in [-0.25, -0.2) is 0 Å². The second-order valence-electron chi connectivity index (χ2n) is 4.07. The first kappa shape index (κ1) is 14.1. The Kier molecular flexibility index (Phi) is 5.07. The monoisotopic (exact) mass is 257 g/mol. The average molecular weight is 257 g/mol. The second kappa shape index (κ2) is 6.11. The van der Waals surface area contributed by atoms with Gasteiger partial charge in [0, 0.05) is 19.1 Å². The van der Waals surface area contributed by atoms with Crippen LogP contribution in [0.25, 0.3) is 0 Å². The predicted molar refractivity (Wildman–Crippen MR) is 68.4 cm³/mol. The van der Waals surface area contributed by atoms with E-state index in [0.717, 1.165) is 11.1 Å². The molecule has 1 aromatic rings. The van der Waals surface area contributed by atoms with Gasteiger partial charge in [-0.2, -0.15) is 17.9 Å². The maximum absolute atomic E-state index is 11.6. The Labute approximate surface area is 103 Å². The summed E-state index contributed by atoms with van der Waals surface area (Å²) in [5.41, 5.74) is 7.41. The smallest absolute Gasteiger partial charge is 0.277 e. The zero-order chi connectivity index (χ0) is 12.9. The van der Waals surface area contributed by atoms with Crippen LogP contribution in [-0.4, -0.2) is 14.5 Å². The van der Waals surface area contributed by atoms with Crippen LogP contribution >= 0.6 is 0 Å². The topological polar surface area (TPSA) is 84.2 Å². The van der Waals surface area contributed by atoms with Gasteiger partial charge in [0.1, 0.15) is 0 Å². The van der Waals surface area contributed by atoms with Gasteiger partial charge in [0.15, 0.2) is 0 Å². The summed E-state index contributed by atoms with van der Waals surface area (Å²) in [6.45, 7) is 4.19. The number of hydrogen-bond donors (Lipinski definition) is 3. The minimum absolute atomic E-state index is 0.128.